The Labute approximate surface area is 195 Å². The second kappa shape index (κ2) is 9.18. The standard InChI is InChI=1S/C21H18ClF4N5O3/c22-14-7-12(17-15(10-32)29-11-34-17)8-28-18(14)20(23)3-5-31(6-4-20)19(33)30-16-2-1-13(9-27-16)21(24,25)26/h1-2,7-9,11,32H,3-6,10H2,(H,27,30,33). The van der Waals surface area contributed by atoms with E-state index in [9.17, 15) is 23.1 Å². The molecule has 0 bridgehead atoms. The van der Waals surface area contributed by atoms with Crippen LogP contribution in [0.3, 0.4) is 0 Å². The number of nitrogens with zero attached hydrogens (tertiary/aromatic N) is 4. The highest BCUT2D eigenvalue weighted by Crippen LogP contribution is 2.40. The molecule has 2 amide bonds. The van der Waals surface area contributed by atoms with Gasteiger partial charge in [-0.05, 0) is 18.2 Å². The lowest BCUT2D eigenvalue weighted by molar-refractivity contribution is -0.137. The number of hydrogen-bond acceptors (Lipinski definition) is 6. The van der Waals surface area contributed by atoms with Gasteiger partial charge in [0.1, 0.15) is 11.5 Å². The summed E-state index contributed by atoms with van der Waals surface area (Å²) in [6, 6.07) is 2.72. The number of alkyl halides is 4. The third-order valence-electron chi connectivity index (χ3n) is 5.49. The zero-order chi connectivity index (χ0) is 24.5. The summed E-state index contributed by atoms with van der Waals surface area (Å²) in [5.74, 6) is 0.227. The Kier molecular flexibility index (Phi) is 6.45. The smallest absolute Gasteiger partial charge is 0.417 e. The van der Waals surface area contributed by atoms with E-state index in [-0.39, 0.29) is 54.8 Å². The molecular formula is C21H18ClF4N5O3. The van der Waals surface area contributed by atoms with Gasteiger partial charge < -0.3 is 14.4 Å². The molecule has 4 rings (SSSR count). The van der Waals surface area contributed by atoms with Crippen molar-refractivity contribution >= 4 is 23.4 Å². The highest BCUT2D eigenvalue weighted by molar-refractivity contribution is 6.31. The molecule has 2 N–H and O–H groups in total. The summed E-state index contributed by atoms with van der Waals surface area (Å²) in [5.41, 5.74) is -2.08. The van der Waals surface area contributed by atoms with Gasteiger partial charge in [-0.3, -0.25) is 10.3 Å². The van der Waals surface area contributed by atoms with Crippen molar-refractivity contribution in [2.75, 3.05) is 18.4 Å². The number of anilines is 1. The molecular weight excluding hydrogens is 482 g/mol. The molecule has 8 nitrogen and oxygen atoms in total. The largest absolute Gasteiger partial charge is 0.443 e. The number of urea groups is 1. The molecule has 1 aliphatic heterocycles. The minimum Gasteiger partial charge on any atom is -0.443 e. The Morgan fingerprint density at radius 1 is 1.21 bits per heavy atom. The zero-order valence-corrected chi connectivity index (χ0v) is 18.2. The van der Waals surface area contributed by atoms with Crippen molar-refractivity contribution in [3.05, 3.63) is 59.0 Å². The van der Waals surface area contributed by atoms with Crippen LogP contribution in [-0.2, 0) is 18.5 Å². The summed E-state index contributed by atoms with van der Waals surface area (Å²) in [4.78, 5) is 25.4. The van der Waals surface area contributed by atoms with Crippen LogP contribution in [0.5, 0.6) is 0 Å². The summed E-state index contributed by atoms with van der Waals surface area (Å²) in [5, 5.41) is 11.8. The van der Waals surface area contributed by atoms with Crippen molar-refractivity contribution in [1.82, 2.24) is 19.9 Å². The van der Waals surface area contributed by atoms with Crippen molar-refractivity contribution in [3.8, 4) is 11.3 Å². The number of aliphatic hydroxyl groups excluding tert-OH is 1. The van der Waals surface area contributed by atoms with Crippen molar-refractivity contribution < 1.29 is 31.9 Å². The van der Waals surface area contributed by atoms with E-state index in [2.05, 4.69) is 20.3 Å². The molecule has 1 saturated heterocycles. The summed E-state index contributed by atoms with van der Waals surface area (Å²) in [6.07, 6.45) is -1.54. The minimum atomic E-state index is -4.53. The molecule has 3 aromatic rings. The number of oxazole rings is 1. The van der Waals surface area contributed by atoms with Gasteiger partial charge in [-0.1, -0.05) is 11.6 Å². The van der Waals surface area contributed by atoms with Crippen LogP contribution in [0.1, 0.15) is 29.8 Å². The molecule has 13 heteroatoms. The molecule has 0 aliphatic carbocycles. The molecule has 4 heterocycles. The lowest BCUT2D eigenvalue weighted by atomic mass is 9.89. The molecule has 0 unspecified atom stereocenters. The van der Waals surface area contributed by atoms with Crippen molar-refractivity contribution in [2.24, 2.45) is 0 Å². The average Bonchev–Trinajstić information content (AvgIpc) is 3.28. The highest BCUT2D eigenvalue weighted by atomic mass is 35.5. The quantitative estimate of drug-likeness (QED) is 0.500. The van der Waals surface area contributed by atoms with Crippen LogP contribution in [0.25, 0.3) is 11.3 Å². The van der Waals surface area contributed by atoms with E-state index in [4.69, 9.17) is 16.0 Å². The predicted octanol–water partition coefficient (Wildman–Crippen LogP) is 4.79. The summed E-state index contributed by atoms with van der Waals surface area (Å²) in [6.45, 7) is -0.295. The topological polar surface area (TPSA) is 104 Å². The summed E-state index contributed by atoms with van der Waals surface area (Å²) in [7, 11) is 0. The number of amides is 2. The molecule has 3 aromatic heterocycles. The maximum absolute atomic E-state index is 15.7. The molecule has 0 radical (unpaired) electrons. The highest BCUT2D eigenvalue weighted by Gasteiger charge is 2.40. The Balaban J connectivity index is 1.41. The van der Waals surface area contributed by atoms with Crippen LogP contribution in [-0.4, -0.2) is 44.1 Å². The number of aromatic nitrogens is 3. The van der Waals surface area contributed by atoms with Gasteiger partial charge in [-0.2, -0.15) is 13.2 Å². The van der Waals surface area contributed by atoms with E-state index in [0.717, 1.165) is 12.1 Å². The second-order valence-corrected chi connectivity index (χ2v) is 8.06. The van der Waals surface area contributed by atoms with Gasteiger partial charge in [-0.25, -0.2) is 19.2 Å². The third-order valence-corrected chi connectivity index (χ3v) is 5.78. The summed E-state index contributed by atoms with van der Waals surface area (Å²) >= 11 is 6.31. The maximum Gasteiger partial charge on any atom is 0.417 e. The van der Waals surface area contributed by atoms with Crippen LogP contribution in [0, 0.1) is 0 Å². The third kappa shape index (κ3) is 4.82. The number of pyridine rings is 2. The number of rotatable bonds is 4. The number of carbonyl (C=O) groups excluding carboxylic acids is 1. The number of hydrogen-bond donors (Lipinski definition) is 2. The van der Waals surface area contributed by atoms with Gasteiger partial charge in [0.25, 0.3) is 0 Å². The Morgan fingerprint density at radius 2 is 1.94 bits per heavy atom. The maximum atomic E-state index is 15.7. The first-order valence-corrected chi connectivity index (χ1v) is 10.5. The van der Waals surface area contributed by atoms with Crippen LogP contribution in [0.4, 0.5) is 28.2 Å². The number of carbonyl (C=O) groups is 1. The van der Waals surface area contributed by atoms with Gasteiger partial charge in [0.2, 0.25) is 0 Å². The number of piperidine rings is 1. The van der Waals surface area contributed by atoms with Gasteiger partial charge in [0, 0.05) is 43.9 Å². The Morgan fingerprint density at radius 3 is 2.53 bits per heavy atom. The normalized spacial score (nSPS) is 15.9. The van der Waals surface area contributed by atoms with E-state index in [1.54, 1.807) is 0 Å². The SMILES string of the molecule is O=C(Nc1ccc(C(F)(F)F)cn1)N1CCC(F)(c2ncc(-c3ocnc3CO)cc2Cl)CC1. The molecule has 0 aromatic carbocycles. The van der Waals surface area contributed by atoms with Crippen molar-refractivity contribution in [2.45, 2.75) is 31.3 Å². The fraction of sp³-hybridized carbons (Fsp3) is 0.333. The van der Waals surface area contributed by atoms with E-state index < -0.39 is 23.4 Å². The summed E-state index contributed by atoms with van der Waals surface area (Å²) < 4.78 is 58.9. The lowest BCUT2D eigenvalue weighted by Gasteiger charge is -2.36. The van der Waals surface area contributed by atoms with E-state index in [1.807, 2.05) is 0 Å². The monoisotopic (exact) mass is 499 g/mol. The Hall–Kier alpha value is -3.25. The van der Waals surface area contributed by atoms with Gasteiger partial charge in [0.15, 0.2) is 17.8 Å². The van der Waals surface area contributed by atoms with Crippen LogP contribution in [0.2, 0.25) is 5.02 Å². The molecule has 0 atom stereocenters. The number of nitrogens with one attached hydrogen (secondary N) is 1. The van der Waals surface area contributed by atoms with Gasteiger partial charge in [0.05, 0.1) is 22.9 Å². The van der Waals surface area contributed by atoms with Crippen molar-refractivity contribution in [3.63, 3.8) is 0 Å². The fourth-order valence-electron chi connectivity index (χ4n) is 3.63. The lowest BCUT2D eigenvalue weighted by Crippen LogP contribution is -2.45. The molecule has 180 valence electrons. The van der Waals surface area contributed by atoms with E-state index in [1.165, 1.54) is 23.6 Å². The van der Waals surface area contributed by atoms with Gasteiger partial charge >= 0.3 is 12.2 Å². The molecule has 1 fully saturated rings. The van der Waals surface area contributed by atoms with Crippen LogP contribution >= 0.6 is 11.6 Å². The number of halogens is 5. The number of aliphatic hydroxyl groups is 1. The number of likely N-dealkylation sites (tertiary alicyclic amines) is 1. The second-order valence-electron chi connectivity index (χ2n) is 7.65. The van der Waals surface area contributed by atoms with Crippen molar-refractivity contribution in [1.29, 1.82) is 0 Å². The average molecular weight is 500 g/mol. The molecule has 34 heavy (non-hydrogen) atoms. The van der Waals surface area contributed by atoms with Crippen LogP contribution in [0.15, 0.2) is 41.4 Å². The fourth-order valence-corrected chi connectivity index (χ4v) is 3.97. The molecule has 0 spiro atoms. The van der Waals surface area contributed by atoms with Gasteiger partial charge in [-0.15, -0.1) is 0 Å². The molecule has 1 aliphatic rings. The van der Waals surface area contributed by atoms with E-state index >= 15 is 4.39 Å². The first kappa shape index (κ1) is 23.9. The van der Waals surface area contributed by atoms with Crippen LogP contribution < -0.4 is 5.32 Å². The predicted molar refractivity (Wildman–Crippen MR) is 113 cm³/mol. The zero-order valence-electron chi connectivity index (χ0n) is 17.4. The first-order valence-electron chi connectivity index (χ1n) is 10.1. The Bertz CT molecular complexity index is 1180. The molecule has 0 saturated carbocycles. The first-order chi connectivity index (χ1) is 16.1. The van der Waals surface area contributed by atoms with E-state index in [0.29, 0.717) is 17.5 Å². The minimum absolute atomic E-state index is 0.0208.